The summed E-state index contributed by atoms with van der Waals surface area (Å²) in [5, 5.41) is 4.21. The fourth-order valence-corrected chi connectivity index (χ4v) is 7.40. The third kappa shape index (κ3) is 5.86. The Morgan fingerprint density at radius 3 is 2.64 bits per heavy atom. The molecule has 220 valence electrons. The summed E-state index contributed by atoms with van der Waals surface area (Å²) in [5.41, 5.74) is 2.26. The number of fused-ring (bicyclic) bond motifs is 3. The molecule has 2 amide bonds. The molecule has 0 saturated carbocycles. The van der Waals surface area contributed by atoms with E-state index in [9.17, 15) is 9.59 Å². The number of benzene rings is 1. The molecule has 2 aliphatic rings. The van der Waals surface area contributed by atoms with Crippen LogP contribution in [-0.4, -0.2) is 59.5 Å². The molecule has 1 aromatic carbocycles. The predicted octanol–water partition coefficient (Wildman–Crippen LogP) is 5.33. The molecular formula is C32H37N5O4S. The molecule has 0 spiro atoms. The van der Waals surface area contributed by atoms with E-state index in [0.717, 1.165) is 40.6 Å². The van der Waals surface area contributed by atoms with Crippen LogP contribution in [0, 0.1) is 12.8 Å². The highest BCUT2D eigenvalue weighted by Gasteiger charge is 2.30. The molecule has 4 aromatic rings. The van der Waals surface area contributed by atoms with Crippen molar-refractivity contribution >= 4 is 39.2 Å². The van der Waals surface area contributed by atoms with Gasteiger partial charge < -0.3 is 24.3 Å². The number of rotatable bonds is 8. The molecule has 1 N–H and O–H groups in total. The minimum Gasteiger partial charge on any atom is -0.494 e. The van der Waals surface area contributed by atoms with Crippen molar-refractivity contribution in [2.45, 2.75) is 52.5 Å². The van der Waals surface area contributed by atoms with Gasteiger partial charge in [0.15, 0.2) is 5.76 Å². The number of aryl methyl sites for hydroxylation is 2. The average molecular weight is 588 g/mol. The van der Waals surface area contributed by atoms with Crippen molar-refractivity contribution in [1.29, 1.82) is 0 Å². The third-order valence-electron chi connectivity index (χ3n) is 8.20. The quantitative estimate of drug-likeness (QED) is 0.298. The Labute approximate surface area is 249 Å². The minimum absolute atomic E-state index is 0.000746. The first-order valence-corrected chi connectivity index (χ1v) is 15.6. The van der Waals surface area contributed by atoms with Crippen molar-refractivity contribution in [3.8, 4) is 5.75 Å². The van der Waals surface area contributed by atoms with Crippen molar-refractivity contribution in [3.63, 3.8) is 0 Å². The van der Waals surface area contributed by atoms with Crippen LogP contribution in [0.1, 0.15) is 65.1 Å². The number of hydrogen-bond acceptors (Lipinski definition) is 8. The molecule has 0 bridgehead atoms. The van der Waals surface area contributed by atoms with Crippen LogP contribution in [0.25, 0.3) is 10.2 Å². The van der Waals surface area contributed by atoms with Gasteiger partial charge in [-0.15, -0.1) is 11.3 Å². The number of furan rings is 1. The molecule has 9 nitrogen and oxygen atoms in total. The summed E-state index contributed by atoms with van der Waals surface area (Å²) in [6, 6.07) is 10.3. The molecule has 6 rings (SSSR count). The first-order valence-electron chi connectivity index (χ1n) is 14.8. The first kappa shape index (κ1) is 28.2. The van der Waals surface area contributed by atoms with Gasteiger partial charge in [0, 0.05) is 31.1 Å². The molecule has 1 aliphatic carbocycles. The highest BCUT2D eigenvalue weighted by molar-refractivity contribution is 7.19. The fraction of sp³-hybridized carbons (Fsp3) is 0.438. The Hall–Kier alpha value is -3.92. The molecule has 0 radical (unpaired) electrons. The van der Waals surface area contributed by atoms with E-state index in [1.54, 1.807) is 12.1 Å². The number of nitrogens with one attached hydrogen (secondary N) is 1. The largest absolute Gasteiger partial charge is 0.494 e. The Morgan fingerprint density at radius 1 is 1.14 bits per heavy atom. The lowest BCUT2D eigenvalue weighted by Crippen LogP contribution is -2.49. The normalized spacial score (nSPS) is 17.6. The number of piperazine rings is 1. The predicted molar refractivity (Wildman–Crippen MR) is 163 cm³/mol. The maximum absolute atomic E-state index is 13.6. The fourth-order valence-electron chi connectivity index (χ4n) is 5.98. The number of carbonyl (C=O) groups excluding carboxylic acids is 2. The number of anilines is 1. The van der Waals surface area contributed by atoms with E-state index in [-0.39, 0.29) is 24.0 Å². The van der Waals surface area contributed by atoms with Crippen LogP contribution in [0.2, 0.25) is 0 Å². The number of aromatic nitrogens is 2. The van der Waals surface area contributed by atoms with E-state index in [4.69, 9.17) is 19.1 Å². The van der Waals surface area contributed by atoms with Gasteiger partial charge in [-0.1, -0.05) is 19.1 Å². The second-order valence-electron chi connectivity index (χ2n) is 11.2. The van der Waals surface area contributed by atoms with Gasteiger partial charge in [-0.25, -0.2) is 9.97 Å². The van der Waals surface area contributed by atoms with E-state index < -0.39 is 6.04 Å². The lowest BCUT2D eigenvalue weighted by Gasteiger charge is -2.36. The number of ether oxygens (including phenoxy) is 1. The topological polar surface area (TPSA) is 101 Å². The zero-order valence-electron chi connectivity index (χ0n) is 24.4. The van der Waals surface area contributed by atoms with Gasteiger partial charge in [-0.3, -0.25) is 9.59 Å². The Morgan fingerprint density at radius 2 is 1.93 bits per heavy atom. The highest BCUT2D eigenvalue weighted by Crippen LogP contribution is 2.41. The molecular weight excluding hydrogens is 550 g/mol. The van der Waals surface area contributed by atoms with Crippen LogP contribution in [0.3, 0.4) is 0 Å². The molecule has 1 saturated heterocycles. The SMILES string of the molecule is CCOc1ccc([C@H](CC(=O)N2CCN(c3nc(C)nc4sc5c(c34)CC[C@@H](C)C5)CC2)NC(=O)c2ccco2)cc1. The number of hydrogen-bond donors (Lipinski definition) is 1. The highest BCUT2D eigenvalue weighted by atomic mass is 32.1. The zero-order valence-corrected chi connectivity index (χ0v) is 25.2. The molecule has 42 heavy (non-hydrogen) atoms. The van der Waals surface area contributed by atoms with Crippen molar-refractivity contribution in [3.05, 3.63) is 70.3 Å². The Balaban J connectivity index is 1.16. The van der Waals surface area contributed by atoms with Crippen LogP contribution in [-0.2, 0) is 17.6 Å². The number of amides is 2. The second-order valence-corrected chi connectivity index (χ2v) is 12.3. The molecule has 1 fully saturated rings. The molecule has 10 heteroatoms. The summed E-state index contributed by atoms with van der Waals surface area (Å²) in [4.78, 5) is 42.9. The Kier molecular flexibility index (Phi) is 8.15. The lowest BCUT2D eigenvalue weighted by atomic mass is 9.89. The van der Waals surface area contributed by atoms with Gasteiger partial charge in [-0.2, -0.15) is 0 Å². The maximum Gasteiger partial charge on any atom is 0.287 e. The monoisotopic (exact) mass is 587 g/mol. The van der Waals surface area contributed by atoms with Crippen LogP contribution >= 0.6 is 11.3 Å². The van der Waals surface area contributed by atoms with E-state index >= 15 is 0 Å². The van der Waals surface area contributed by atoms with Crippen molar-refractivity contribution in [1.82, 2.24) is 20.2 Å². The Bertz CT molecular complexity index is 1560. The maximum atomic E-state index is 13.6. The van der Waals surface area contributed by atoms with Crippen molar-refractivity contribution in [2.75, 3.05) is 37.7 Å². The summed E-state index contributed by atoms with van der Waals surface area (Å²) in [6.07, 6.45) is 4.99. The first-order chi connectivity index (χ1) is 20.4. The van der Waals surface area contributed by atoms with Crippen molar-refractivity contribution in [2.24, 2.45) is 5.92 Å². The summed E-state index contributed by atoms with van der Waals surface area (Å²) < 4.78 is 10.9. The summed E-state index contributed by atoms with van der Waals surface area (Å²) in [7, 11) is 0. The van der Waals surface area contributed by atoms with Gasteiger partial charge >= 0.3 is 0 Å². The molecule has 2 atom stereocenters. The number of thiophene rings is 1. The summed E-state index contributed by atoms with van der Waals surface area (Å²) in [6.45, 7) is 9.37. The zero-order chi connectivity index (χ0) is 29.2. The van der Waals surface area contributed by atoms with Crippen molar-refractivity contribution < 1.29 is 18.7 Å². The van der Waals surface area contributed by atoms with Crippen LogP contribution in [0.15, 0.2) is 47.1 Å². The standard InChI is InChI=1S/C32H37N5O4S/c1-4-40-23-10-8-22(9-11-23)25(35-31(39)26-6-5-17-41-26)19-28(38)36-13-15-37(16-14-36)30-29-24-12-7-20(2)18-27(24)42-32(29)34-21(3)33-30/h5-6,8-11,17,20,25H,4,7,12-16,18-19H2,1-3H3,(H,35,39)/t20-,25+/m1/s1. The van der Waals surface area contributed by atoms with Crippen LogP contribution in [0.4, 0.5) is 5.82 Å². The van der Waals surface area contributed by atoms with E-state index in [0.29, 0.717) is 38.7 Å². The summed E-state index contributed by atoms with van der Waals surface area (Å²) in [5.74, 6) is 3.10. The number of nitrogens with zero attached hydrogens (tertiary/aromatic N) is 4. The van der Waals surface area contributed by atoms with Gasteiger partial charge in [0.25, 0.3) is 5.91 Å². The average Bonchev–Trinajstić information content (AvgIpc) is 3.65. The van der Waals surface area contributed by atoms with E-state index in [2.05, 4.69) is 17.1 Å². The van der Waals surface area contributed by atoms with Gasteiger partial charge in [0.2, 0.25) is 5.91 Å². The molecule has 4 heterocycles. The third-order valence-corrected chi connectivity index (χ3v) is 9.35. The van der Waals surface area contributed by atoms with E-state index in [1.807, 2.05) is 54.3 Å². The van der Waals surface area contributed by atoms with Gasteiger partial charge in [0.1, 0.15) is 22.2 Å². The van der Waals surface area contributed by atoms with Crippen LogP contribution < -0.4 is 15.0 Å². The van der Waals surface area contributed by atoms with Gasteiger partial charge in [-0.05, 0) is 74.4 Å². The van der Waals surface area contributed by atoms with Gasteiger partial charge in [0.05, 0.1) is 30.7 Å². The molecule has 1 aliphatic heterocycles. The van der Waals surface area contributed by atoms with E-state index in [1.165, 1.54) is 28.5 Å². The minimum atomic E-state index is -0.507. The summed E-state index contributed by atoms with van der Waals surface area (Å²) >= 11 is 1.82. The van der Waals surface area contributed by atoms with Crippen LogP contribution in [0.5, 0.6) is 5.75 Å². The second kappa shape index (κ2) is 12.1. The lowest BCUT2D eigenvalue weighted by molar-refractivity contribution is -0.132. The smallest absolute Gasteiger partial charge is 0.287 e. The molecule has 3 aromatic heterocycles. The number of carbonyl (C=O) groups is 2. The molecule has 0 unspecified atom stereocenters.